The minimum Gasteiger partial charge on any atom is -0.395 e. The summed E-state index contributed by atoms with van der Waals surface area (Å²) in [5.41, 5.74) is 0.649. The number of amides is 2. The number of hydrogen-bond donors (Lipinski definition) is 1. The van der Waals surface area contributed by atoms with Crippen LogP contribution in [0.2, 0.25) is 10.0 Å². The van der Waals surface area contributed by atoms with Gasteiger partial charge in [-0.1, -0.05) is 29.3 Å². The fourth-order valence-electron chi connectivity index (χ4n) is 7.38. The molecule has 12 heteroatoms. The number of piperidine rings is 2. The van der Waals surface area contributed by atoms with Gasteiger partial charge in [-0.05, 0) is 55.2 Å². The number of carbonyl (C=O) groups is 2. The van der Waals surface area contributed by atoms with Crippen molar-refractivity contribution in [2.75, 3.05) is 60.4 Å². The number of alkyl halides is 2. The molecule has 0 spiro atoms. The van der Waals surface area contributed by atoms with Gasteiger partial charge >= 0.3 is 6.29 Å². The predicted molar refractivity (Wildman–Crippen MR) is 166 cm³/mol. The van der Waals surface area contributed by atoms with Gasteiger partial charge in [0.15, 0.2) is 17.0 Å². The summed E-state index contributed by atoms with van der Waals surface area (Å²) in [4.78, 5) is 30.9. The van der Waals surface area contributed by atoms with Crippen LogP contribution in [0.1, 0.15) is 60.4 Å². The molecule has 1 atom stereocenters. The van der Waals surface area contributed by atoms with Crippen LogP contribution >= 0.6 is 23.2 Å². The Labute approximate surface area is 267 Å². The van der Waals surface area contributed by atoms with Crippen LogP contribution in [0.15, 0.2) is 36.4 Å². The van der Waals surface area contributed by atoms with E-state index in [-0.39, 0.29) is 34.8 Å². The van der Waals surface area contributed by atoms with Crippen LogP contribution in [-0.2, 0) is 4.79 Å². The SMILES string of the molecule is CN(C)C(=O)C1([N+]2(CCC(CN(C)C(=O)c3ccc4c(c3)OC(F)(F)O4)c3ccc(Cl)c(Cl)c3)CCCCC2)CCNCC1. The van der Waals surface area contributed by atoms with Crippen LogP contribution in [0.4, 0.5) is 8.78 Å². The first-order valence-electron chi connectivity index (χ1n) is 15.3. The van der Waals surface area contributed by atoms with E-state index in [0.29, 0.717) is 23.0 Å². The first-order valence-corrected chi connectivity index (χ1v) is 16.0. The molecule has 8 nitrogen and oxygen atoms in total. The van der Waals surface area contributed by atoms with Crippen molar-refractivity contribution in [3.05, 3.63) is 57.6 Å². The first-order chi connectivity index (χ1) is 20.9. The van der Waals surface area contributed by atoms with Crippen LogP contribution in [-0.4, -0.2) is 98.3 Å². The largest absolute Gasteiger partial charge is 0.586 e. The molecule has 1 unspecified atom stereocenters. The predicted octanol–water partition coefficient (Wildman–Crippen LogP) is 5.77. The Kier molecular flexibility index (Phi) is 9.66. The Hall–Kier alpha value is -2.66. The molecule has 3 aliphatic rings. The second kappa shape index (κ2) is 13.0. The van der Waals surface area contributed by atoms with Crippen LogP contribution in [0.25, 0.3) is 0 Å². The number of likely N-dealkylation sites (tertiary alicyclic amines) is 1. The maximum atomic E-state index is 14.0. The summed E-state index contributed by atoms with van der Waals surface area (Å²) in [6, 6.07) is 9.61. The lowest BCUT2D eigenvalue weighted by atomic mass is 9.79. The van der Waals surface area contributed by atoms with E-state index in [1.54, 1.807) is 22.9 Å². The van der Waals surface area contributed by atoms with Crippen molar-refractivity contribution in [1.29, 1.82) is 0 Å². The Morgan fingerprint density at radius 3 is 2.30 bits per heavy atom. The van der Waals surface area contributed by atoms with E-state index in [1.165, 1.54) is 18.2 Å². The highest BCUT2D eigenvalue weighted by Crippen LogP contribution is 2.42. The number of nitrogens with zero attached hydrogens (tertiary/aromatic N) is 3. The molecule has 240 valence electrons. The fraction of sp³-hybridized carbons (Fsp3) is 0.562. The molecule has 0 radical (unpaired) electrons. The first kappa shape index (κ1) is 32.7. The summed E-state index contributed by atoms with van der Waals surface area (Å²) in [5, 5.41) is 4.33. The molecule has 3 heterocycles. The van der Waals surface area contributed by atoms with Crippen molar-refractivity contribution in [2.45, 2.75) is 56.3 Å². The summed E-state index contributed by atoms with van der Waals surface area (Å²) >= 11 is 12.7. The van der Waals surface area contributed by atoms with E-state index < -0.39 is 11.8 Å². The van der Waals surface area contributed by atoms with Gasteiger partial charge in [0.2, 0.25) is 0 Å². The molecular formula is C32H41Cl2F2N4O4+. The van der Waals surface area contributed by atoms with Gasteiger partial charge in [-0.3, -0.25) is 9.59 Å². The van der Waals surface area contributed by atoms with E-state index in [0.717, 1.165) is 74.9 Å². The Morgan fingerprint density at radius 2 is 1.64 bits per heavy atom. The molecule has 2 aromatic rings. The number of likely N-dealkylation sites (N-methyl/N-ethyl adjacent to an activating group) is 2. The molecule has 0 saturated carbocycles. The molecule has 2 saturated heterocycles. The number of quaternary nitrogens is 1. The van der Waals surface area contributed by atoms with Gasteiger partial charge in [-0.25, -0.2) is 0 Å². The van der Waals surface area contributed by atoms with Crippen molar-refractivity contribution in [2.24, 2.45) is 0 Å². The van der Waals surface area contributed by atoms with Gasteiger partial charge in [-0.2, -0.15) is 0 Å². The summed E-state index contributed by atoms with van der Waals surface area (Å²) in [6.07, 6.45) is 1.79. The summed E-state index contributed by atoms with van der Waals surface area (Å²) < 4.78 is 37.0. The van der Waals surface area contributed by atoms with Crippen molar-refractivity contribution < 1.29 is 32.3 Å². The van der Waals surface area contributed by atoms with Crippen molar-refractivity contribution in [1.82, 2.24) is 15.1 Å². The number of hydrogen-bond acceptors (Lipinski definition) is 5. The standard InChI is InChI=1S/C32H41Cl2F2N4O4/c1-38(2)30(42)31(12-14-37-15-13-31)40(16-5-4-6-17-40)18-11-24(22-7-9-25(33)26(34)19-22)21-39(3)29(41)23-8-10-27-28(20-23)44-32(35,36)43-27/h7-10,19-20,24,37H,4-6,11-18,21H2,1-3H3/q+1. The maximum Gasteiger partial charge on any atom is 0.586 e. The number of ether oxygens (including phenoxy) is 2. The van der Waals surface area contributed by atoms with Gasteiger partial charge in [0.05, 0.1) is 29.7 Å². The monoisotopic (exact) mass is 653 g/mol. The van der Waals surface area contributed by atoms with E-state index >= 15 is 0 Å². The maximum absolute atomic E-state index is 14.0. The lowest BCUT2D eigenvalue weighted by Crippen LogP contribution is -2.74. The number of benzene rings is 2. The Balaban J connectivity index is 1.43. The third-order valence-corrected chi connectivity index (χ3v) is 10.4. The van der Waals surface area contributed by atoms with Crippen molar-refractivity contribution in [3.63, 3.8) is 0 Å². The lowest BCUT2D eigenvalue weighted by Gasteiger charge is -2.56. The summed E-state index contributed by atoms with van der Waals surface area (Å²) in [6.45, 7) is 4.58. The molecule has 2 amide bonds. The molecule has 3 aliphatic heterocycles. The van der Waals surface area contributed by atoms with E-state index in [9.17, 15) is 18.4 Å². The topological polar surface area (TPSA) is 71.1 Å². The molecule has 1 N–H and O–H groups in total. The second-order valence-corrected chi connectivity index (χ2v) is 13.3. The number of halogens is 4. The van der Waals surface area contributed by atoms with E-state index in [4.69, 9.17) is 23.2 Å². The number of carbonyl (C=O) groups excluding carboxylic acids is 2. The Morgan fingerprint density at radius 1 is 0.955 bits per heavy atom. The third kappa shape index (κ3) is 6.50. The van der Waals surface area contributed by atoms with E-state index in [2.05, 4.69) is 14.8 Å². The molecule has 2 fully saturated rings. The third-order valence-electron chi connectivity index (χ3n) is 9.63. The lowest BCUT2D eigenvalue weighted by molar-refractivity contribution is -0.972. The van der Waals surface area contributed by atoms with Crippen LogP contribution in [0, 0.1) is 0 Å². The fourth-order valence-corrected chi connectivity index (χ4v) is 7.69. The molecule has 0 bridgehead atoms. The average Bonchev–Trinajstić information content (AvgIpc) is 3.33. The molecule has 5 rings (SSSR count). The van der Waals surface area contributed by atoms with Crippen LogP contribution in [0.5, 0.6) is 11.5 Å². The highest BCUT2D eigenvalue weighted by molar-refractivity contribution is 6.42. The minimum atomic E-state index is -3.76. The zero-order valence-electron chi connectivity index (χ0n) is 25.5. The van der Waals surface area contributed by atoms with Gasteiger partial charge in [0.25, 0.3) is 11.8 Å². The molecule has 2 aromatic carbocycles. The van der Waals surface area contributed by atoms with Crippen molar-refractivity contribution >= 4 is 35.0 Å². The molecular weight excluding hydrogens is 613 g/mol. The Bertz CT molecular complexity index is 1380. The van der Waals surface area contributed by atoms with Gasteiger partial charge in [0, 0.05) is 71.5 Å². The minimum absolute atomic E-state index is 0.113. The molecule has 44 heavy (non-hydrogen) atoms. The van der Waals surface area contributed by atoms with E-state index in [1.807, 2.05) is 26.2 Å². The highest BCUT2D eigenvalue weighted by atomic mass is 35.5. The number of nitrogens with one attached hydrogen (secondary N) is 1. The zero-order chi connectivity index (χ0) is 31.7. The molecule has 0 aromatic heterocycles. The van der Waals surface area contributed by atoms with Crippen molar-refractivity contribution in [3.8, 4) is 11.5 Å². The average molecular weight is 655 g/mol. The smallest absolute Gasteiger partial charge is 0.395 e. The molecule has 0 aliphatic carbocycles. The van der Waals surface area contributed by atoms with Crippen LogP contribution < -0.4 is 14.8 Å². The second-order valence-electron chi connectivity index (χ2n) is 12.5. The van der Waals surface area contributed by atoms with Crippen LogP contribution in [0.3, 0.4) is 0 Å². The quantitative estimate of drug-likeness (QED) is 0.348. The summed E-state index contributed by atoms with van der Waals surface area (Å²) in [5.74, 6) is -0.562. The number of rotatable bonds is 9. The highest BCUT2D eigenvalue weighted by Gasteiger charge is 2.57. The van der Waals surface area contributed by atoms with Gasteiger partial charge in [0.1, 0.15) is 0 Å². The normalized spacial score (nSPS) is 20.5. The van der Waals surface area contributed by atoms with Gasteiger partial charge in [-0.15, -0.1) is 8.78 Å². The zero-order valence-corrected chi connectivity index (χ0v) is 27.0. The van der Waals surface area contributed by atoms with Gasteiger partial charge < -0.3 is 29.1 Å². The summed E-state index contributed by atoms with van der Waals surface area (Å²) in [7, 11) is 5.40. The number of fused-ring (bicyclic) bond motifs is 1.